The maximum atomic E-state index is 13.8. The summed E-state index contributed by atoms with van der Waals surface area (Å²) in [5.74, 6) is -0.734. The molecule has 2 atom stereocenters. The van der Waals surface area contributed by atoms with Gasteiger partial charge in [-0.1, -0.05) is 13.0 Å². The molecule has 0 bridgehead atoms. The van der Waals surface area contributed by atoms with Gasteiger partial charge in [0.25, 0.3) is 0 Å². The molecule has 1 aromatic carbocycles. The number of hydrogen-bond acceptors (Lipinski definition) is 2. The van der Waals surface area contributed by atoms with Gasteiger partial charge in [0, 0.05) is 11.3 Å². The summed E-state index contributed by atoms with van der Waals surface area (Å²) >= 11 is 5.97. The molecule has 0 saturated heterocycles. The van der Waals surface area contributed by atoms with Crippen LogP contribution in [0.15, 0.2) is 23.1 Å². The Bertz CT molecular complexity index is 502. The van der Waals surface area contributed by atoms with E-state index < -0.39 is 15.8 Å². The Kier molecular flexibility index (Phi) is 4.52. The fraction of sp³-hybridized carbons (Fsp3) is 0.455. The molecule has 6 heteroatoms. The fourth-order valence-corrected chi connectivity index (χ4v) is 2.62. The zero-order chi connectivity index (χ0) is 13.2. The predicted molar refractivity (Wildman–Crippen MR) is 66.1 cm³/mol. The smallest absolute Gasteiger partial charge is 0.225 e. The molecule has 0 aliphatic carbocycles. The van der Waals surface area contributed by atoms with Crippen LogP contribution in [0.25, 0.3) is 0 Å². The Labute approximate surface area is 106 Å². The fourth-order valence-electron chi connectivity index (χ4n) is 1.78. The summed E-state index contributed by atoms with van der Waals surface area (Å²) < 4.78 is 35.9. The first-order chi connectivity index (χ1) is 7.77. The highest BCUT2D eigenvalue weighted by atomic mass is 35.5. The van der Waals surface area contributed by atoms with Crippen LogP contribution in [0.1, 0.15) is 31.7 Å². The van der Waals surface area contributed by atoms with Gasteiger partial charge in [0.1, 0.15) is 5.82 Å². The summed E-state index contributed by atoms with van der Waals surface area (Å²) in [5.41, 5.74) is 0.419. The minimum atomic E-state index is -3.87. The van der Waals surface area contributed by atoms with Crippen LogP contribution in [0.5, 0.6) is 0 Å². The molecule has 1 rings (SSSR count). The largest absolute Gasteiger partial charge is 0.238 e. The van der Waals surface area contributed by atoms with E-state index in [-0.39, 0.29) is 16.2 Å². The van der Waals surface area contributed by atoms with Gasteiger partial charge < -0.3 is 0 Å². The molecular formula is C11H15ClFNO2S. The summed E-state index contributed by atoms with van der Waals surface area (Å²) in [6, 6.07) is 3.67. The average Bonchev–Trinajstić information content (AvgIpc) is 2.19. The third kappa shape index (κ3) is 3.40. The number of rotatable bonds is 4. The minimum absolute atomic E-state index is 0.147. The number of benzene rings is 1. The molecule has 1 aromatic rings. The van der Waals surface area contributed by atoms with Gasteiger partial charge >= 0.3 is 0 Å². The normalized spacial score (nSPS) is 15.6. The molecule has 0 spiro atoms. The Morgan fingerprint density at radius 1 is 1.47 bits per heavy atom. The van der Waals surface area contributed by atoms with E-state index >= 15 is 0 Å². The van der Waals surface area contributed by atoms with E-state index in [0.717, 1.165) is 6.07 Å². The summed E-state index contributed by atoms with van der Waals surface area (Å²) in [4.78, 5) is -0.226. The molecule has 17 heavy (non-hydrogen) atoms. The maximum absolute atomic E-state index is 13.8. The lowest BCUT2D eigenvalue weighted by molar-refractivity contribution is 0.555. The van der Waals surface area contributed by atoms with Gasteiger partial charge in [-0.05, 0) is 31.0 Å². The minimum Gasteiger partial charge on any atom is -0.225 e. The lowest BCUT2D eigenvalue weighted by Crippen LogP contribution is -2.14. The number of hydrogen-bond donors (Lipinski definition) is 1. The molecule has 0 aromatic heterocycles. The van der Waals surface area contributed by atoms with Gasteiger partial charge in [0.05, 0.1) is 4.90 Å². The van der Waals surface area contributed by atoms with Crippen LogP contribution in [0.3, 0.4) is 0 Å². The molecule has 0 aliphatic heterocycles. The Hall–Kier alpha value is -0.650. The molecule has 0 saturated carbocycles. The summed E-state index contributed by atoms with van der Waals surface area (Å²) in [6.45, 7) is 3.68. The molecule has 2 N–H and O–H groups in total. The highest BCUT2D eigenvalue weighted by Crippen LogP contribution is 2.29. The second-order valence-electron chi connectivity index (χ2n) is 3.92. The highest BCUT2D eigenvalue weighted by Gasteiger charge is 2.20. The molecular weight excluding hydrogens is 265 g/mol. The van der Waals surface area contributed by atoms with Crippen molar-refractivity contribution in [2.45, 2.75) is 36.5 Å². The van der Waals surface area contributed by atoms with E-state index in [1.165, 1.54) is 12.1 Å². The lowest BCUT2D eigenvalue weighted by atomic mass is 9.93. The van der Waals surface area contributed by atoms with Gasteiger partial charge in [-0.15, -0.1) is 11.6 Å². The van der Waals surface area contributed by atoms with Crippen molar-refractivity contribution in [1.82, 2.24) is 0 Å². The lowest BCUT2D eigenvalue weighted by Gasteiger charge is -2.18. The van der Waals surface area contributed by atoms with Crippen LogP contribution in [0.2, 0.25) is 0 Å². The quantitative estimate of drug-likeness (QED) is 0.861. The van der Waals surface area contributed by atoms with E-state index in [1.54, 1.807) is 6.92 Å². The molecule has 0 radical (unpaired) electrons. The zero-order valence-corrected chi connectivity index (χ0v) is 11.2. The molecule has 2 unspecified atom stereocenters. The second kappa shape index (κ2) is 5.33. The van der Waals surface area contributed by atoms with Crippen molar-refractivity contribution < 1.29 is 12.8 Å². The molecule has 96 valence electrons. The van der Waals surface area contributed by atoms with Crippen molar-refractivity contribution in [1.29, 1.82) is 0 Å². The molecule has 0 amide bonds. The Morgan fingerprint density at radius 3 is 2.41 bits per heavy atom. The first-order valence-electron chi connectivity index (χ1n) is 5.23. The van der Waals surface area contributed by atoms with E-state index in [0.29, 0.717) is 12.0 Å². The summed E-state index contributed by atoms with van der Waals surface area (Å²) in [6.07, 6.45) is 0.677. The van der Waals surface area contributed by atoms with Crippen LogP contribution in [-0.2, 0) is 10.0 Å². The number of primary sulfonamides is 1. The highest BCUT2D eigenvalue weighted by molar-refractivity contribution is 7.89. The van der Waals surface area contributed by atoms with Crippen molar-refractivity contribution in [3.05, 3.63) is 29.6 Å². The molecule has 0 aliphatic rings. The summed E-state index contributed by atoms with van der Waals surface area (Å²) in [5, 5.41) is 4.70. The predicted octanol–water partition coefficient (Wildman–Crippen LogP) is 2.59. The van der Waals surface area contributed by atoms with Gasteiger partial charge in [-0.3, -0.25) is 0 Å². The van der Waals surface area contributed by atoms with E-state index in [1.807, 2.05) is 6.92 Å². The average molecular weight is 280 g/mol. The topological polar surface area (TPSA) is 60.2 Å². The number of alkyl halides is 1. The SMILES string of the molecule is CCC(c1ccc(S(N)(=O)=O)cc1F)C(C)Cl. The number of sulfonamides is 1. The van der Waals surface area contributed by atoms with Crippen LogP contribution in [-0.4, -0.2) is 13.8 Å². The van der Waals surface area contributed by atoms with E-state index in [2.05, 4.69) is 0 Å². The van der Waals surface area contributed by atoms with Crippen molar-refractivity contribution in [3.63, 3.8) is 0 Å². The maximum Gasteiger partial charge on any atom is 0.238 e. The number of halogens is 2. The van der Waals surface area contributed by atoms with Crippen molar-refractivity contribution in [2.24, 2.45) is 5.14 Å². The Morgan fingerprint density at radius 2 is 2.06 bits per heavy atom. The van der Waals surface area contributed by atoms with E-state index in [9.17, 15) is 12.8 Å². The molecule has 0 heterocycles. The van der Waals surface area contributed by atoms with Gasteiger partial charge in [0.15, 0.2) is 0 Å². The van der Waals surface area contributed by atoms with Crippen molar-refractivity contribution in [2.75, 3.05) is 0 Å². The van der Waals surface area contributed by atoms with Crippen molar-refractivity contribution >= 4 is 21.6 Å². The van der Waals surface area contributed by atoms with E-state index in [4.69, 9.17) is 16.7 Å². The van der Waals surface area contributed by atoms with Crippen LogP contribution < -0.4 is 5.14 Å². The summed E-state index contributed by atoms with van der Waals surface area (Å²) in [7, 11) is -3.87. The van der Waals surface area contributed by atoms with Crippen LogP contribution in [0, 0.1) is 5.82 Å². The third-order valence-electron chi connectivity index (χ3n) is 2.69. The van der Waals surface area contributed by atoms with Gasteiger partial charge in [0.2, 0.25) is 10.0 Å². The van der Waals surface area contributed by atoms with Gasteiger partial charge in [-0.25, -0.2) is 17.9 Å². The molecule has 0 fully saturated rings. The van der Waals surface area contributed by atoms with Crippen LogP contribution >= 0.6 is 11.6 Å². The zero-order valence-electron chi connectivity index (χ0n) is 9.65. The Balaban J connectivity index is 3.22. The van der Waals surface area contributed by atoms with Crippen molar-refractivity contribution in [3.8, 4) is 0 Å². The standard InChI is InChI=1S/C11H15ClFNO2S/c1-3-9(7(2)12)10-5-4-8(6-11(10)13)17(14,15)16/h4-7,9H,3H2,1-2H3,(H2,14,15,16). The first-order valence-corrected chi connectivity index (χ1v) is 7.22. The third-order valence-corrected chi connectivity index (χ3v) is 3.91. The van der Waals surface area contributed by atoms with Crippen LogP contribution in [0.4, 0.5) is 4.39 Å². The molecule has 3 nitrogen and oxygen atoms in total. The first kappa shape index (κ1) is 14.4. The monoisotopic (exact) mass is 279 g/mol. The van der Waals surface area contributed by atoms with Gasteiger partial charge in [-0.2, -0.15) is 0 Å². The number of nitrogens with two attached hydrogens (primary N) is 1. The second-order valence-corrected chi connectivity index (χ2v) is 6.17.